The van der Waals surface area contributed by atoms with Gasteiger partial charge in [0.15, 0.2) is 5.76 Å². The molecular weight excluding hydrogens is 278 g/mol. The Labute approximate surface area is 117 Å². The van der Waals surface area contributed by atoms with Gasteiger partial charge in [0.1, 0.15) is 0 Å². The largest absolute Gasteiger partial charge is 0.459 e. The van der Waals surface area contributed by atoms with E-state index in [0.717, 1.165) is 10.2 Å². The summed E-state index contributed by atoms with van der Waals surface area (Å²) in [5, 5.41) is 0. The van der Waals surface area contributed by atoms with E-state index in [4.69, 9.17) is 4.42 Å². The monoisotopic (exact) mass is 287 g/mol. The fraction of sp³-hybridized carbons (Fsp3) is 0. The number of hydrogen-bond acceptors (Lipinski definition) is 5. The van der Waals surface area contributed by atoms with Crippen LogP contribution in [0.15, 0.2) is 46.5 Å². The average molecular weight is 287 g/mol. The molecule has 1 aromatic carbocycles. The van der Waals surface area contributed by atoms with E-state index in [-0.39, 0.29) is 5.76 Å². The first-order valence-corrected chi connectivity index (χ1v) is 6.59. The average Bonchev–Trinajstić information content (AvgIpc) is 3.13. The molecule has 2 N–H and O–H groups in total. The van der Waals surface area contributed by atoms with Crippen LogP contribution < -0.4 is 10.9 Å². The van der Waals surface area contributed by atoms with E-state index in [1.807, 2.05) is 0 Å². The van der Waals surface area contributed by atoms with Crippen LogP contribution in [0.1, 0.15) is 20.9 Å². The molecule has 2 amide bonds. The number of carbonyl (C=O) groups is 2. The number of carbonyl (C=O) groups excluding carboxylic acids is 2. The van der Waals surface area contributed by atoms with Crippen LogP contribution in [-0.2, 0) is 0 Å². The van der Waals surface area contributed by atoms with Crippen molar-refractivity contribution in [2.45, 2.75) is 0 Å². The third-order valence-electron chi connectivity index (χ3n) is 2.63. The zero-order valence-corrected chi connectivity index (χ0v) is 10.9. The number of aromatic nitrogens is 1. The lowest BCUT2D eigenvalue weighted by Crippen LogP contribution is -2.41. The molecular formula is C13H9N3O3S. The Balaban J connectivity index is 1.68. The number of nitrogens with one attached hydrogen (secondary N) is 2. The maximum absolute atomic E-state index is 11.9. The maximum Gasteiger partial charge on any atom is 0.305 e. The third kappa shape index (κ3) is 2.39. The summed E-state index contributed by atoms with van der Waals surface area (Å²) in [4.78, 5) is 27.6. The number of hydrogen-bond donors (Lipinski definition) is 2. The van der Waals surface area contributed by atoms with Crippen molar-refractivity contribution in [2.24, 2.45) is 0 Å². The Kier molecular flexibility index (Phi) is 3.18. The summed E-state index contributed by atoms with van der Waals surface area (Å²) in [7, 11) is 0. The molecule has 3 aromatic rings. The number of benzene rings is 1. The highest BCUT2D eigenvalue weighted by Gasteiger charge is 2.11. The van der Waals surface area contributed by atoms with Crippen molar-refractivity contribution < 1.29 is 14.0 Å². The molecule has 0 saturated carbocycles. The van der Waals surface area contributed by atoms with Gasteiger partial charge in [-0.15, -0.1) is 11.3 Å². The number of rotatable bonds is 2. The summed E-state index contributed by atoms with van der Waals surface area (Å²) in [5.41, 5.74) is 7.61. The van der Waals surface area contributed by atoms with Gasteiger partial charge >= 0.3 is 5.91 Å². The number of amides is 2. The van der Waals surface area contributed by atoms with Gasteiger partial charge in [0, 0.05) is 5.56 Å². The van der Waals surface area contributed by atoms with Crippen molar-refractivity contribution in [1.82, 2.24) is 15.8 Å². The highest BCUT2D eigenvalue weighted by molar-refractivity contribution is 7.16. The molecule has 0 spiro atoms. The van der Waals surface area contributed by atoms with Crippen molar-refractivity contribution >= 4 is 33.4 Å². The summed E-state index contributed by atoms with van der Waals surface area (Å²) in [6.07, 6.45) is 1.38. The Morgan fingerprint density at radius 3 is 2.80 bits per heavy atom. The molecule has 0 atom stereocenters. The Hall–Kier alpha value is -2.67. The van der Waals surface area contributed by atoms with E-state index >= 15 is 0 Å². The molecule has 6 nitrogen and oxygen atoms in total. The zero-order chi connectivity index (χ0) is 13.9. The van der Waals surface area contributed by atoms with Crippen LogP contribution in [-0.4, -0.2) is 16.8 Å². The maximum atomic E-state index is 11.9. The SMILES string of the molecule is O=C(NNC(=O)c1ccco1)c1ccc2ncsc2c1. The van der Waals surface area contributed by atoms with Crippen molar-refractivity contribution in [3.8, 4) is 0 Å². The quantitative estimate of drug-likeness (QED) is 0.706. The summed E-state index contributed by atoms with van der Waals surface area (Å²) >= 11 is 1.45. The zero-order valence-electron chi connectivity index (χ0n) is 10.1. The van der Waals surface area contributed by atoms with E-state index in [0.29, 0.717) is 5.56 Å². The summed E-state index contributed by atoms with van der Waals surface area (Å²) < 4.78 is 5.82. The molecule has 0 fully saturated rings. The summed E-state index contributed by atoms with van der Waals surface area (Å²) in [5.74, 6) is -0.786. The van der Waals surface area contributed by atoms with E-state index in [1.54, 1.807) is 29.8 Å². The molecule has 2 heterocycles. The molecule has 20 heavy (non-hydrogen) atoms. The van der Waals surface area contributed by atoms with E-state index < -0.39 is 11.8 Å². The molecule has 0 aliphatic carbocycles. The van der Waals surface area contributed by atoms with Crippen LogP contribution in [0.5, 0.6) is 0 Å². The van der Waals surface area contributed by atoms with Crippen LogP contribution in [0.2, 0.25) is 0 Å². The first-order chi connectivity index (χ1) is 9.74. The van der Waals surface area contributed by atoms with Crippen molar-refractivity contribution in [3.63, 3.8) is 0 Å². The molecule has 0 unspecified atom stereocenters. The first-order valence-electron chi connectivity index (χ1n) is 5.71. The normalized spacial score (nSPS) is 10.4. The smallest absolute Gasteiger partial charge is 0.305 e. The number of hydrazine groups is 1. The highest BCUT2D eigenvalue weighted by Crippen LogP contribution is 2.18. The number of nitrogens with zero attached hydrogens (tertiary/aromatic N) is 1. The van der Waals surface area contributed by atoms with Crippen molar-refractivity contribution in [1.29, 1.82) is 0 Å². The van der Waals surface area contributed by atoms with Gasteiger partial charge in [-0.1, -0.05) is 0 Å². The van der Waals surface area contributed by atoms with Gasteiger partial charge in [-0.3, -0.25) is 20.4 Å². The van der Waals surface area contributed by atoms with Crippen LogP contribution in [0.25, 0.3) is 10.2 Å². The molecule has 2 aromatic heterocycles. The molecule has 100 valence electrons. The van der Waals surface area contributed by atoms with Gasteiger partial charge in [0.2, 0.25) is 0 Å². The standard InChI is InChI=1S/C13H9N3O3S/c17-12(15-16-13(18)10-2-1-5-19-10)8-3-4-9-11(6-8)20-7-14-9/h1-7H,(H,15,17)(H,16,18). The predicted octanol–water partition coefficient (Wildman–Crippen LogP) is 1.96. The van der Waals surface area contributed by atoms with Gasteiger partial charge in [-0.2, -0.15) is 0 Å². The van der Waals surface area contributed by atoms with Gasteiger partial charge < -0.3 is 4.42 Å². The molecule has 0 saturated heterocycles. The Morgan fingerprint density at radius 1 is 1.15 bits per heavy atom. The predicted molar refractivity (Wildman–Crippen MR) is 73.3 cm³/mol. The molecule has 0 aliphatic heterocycles. The van der Waals surface area contributed by atoms with Crippen molar-refractivity contribution in [3.05, 3.63) is 53.4 Å². The first kappa shape index (κ1) is 12.4. The van der Waals surface area contributed by atoms with Crippen LogP contribution in [0, 0.1) is 0 Å². The second-order valence-corrected chi connectivity index (χ2v) is 4.81. The van der Waals surface area contributed by atoms with Crippen LogP contribution in [0.3, 0.4) is 0 Å². The van der Waals surface area contributed by atoms with Gasteiger partial charge in [-0.25, -0.2) is 4.98 Å². The summed E-state index contributed by atoms with van der Waals surface area (Å²) in [6.45, 7) is 0. The van der Waals surface area contributed by atoms with E-state index in [2.05, 4.69) is 15.8 Å². The fourth-order valence-corrected chi connectivity index (χ4v) is 2.37. The molecule has 0 bridgehead atoms. The van der Waals surface area contributed by atoms with Gasteiger partial charge in [-0.05, 0) is 30.3 Å². The lowest BCUT2D eigenvalue weighted by Gasteiger charge is -2.05. The summed E-state index contributed by atoms with van der Waals surface area (Å²) in [6, 6.07) is 8.23. The minimum Gasteiger partial charge on any atom is -0.459 e. The number of furan rings is 1. The highest BCUT2D eigenvalue weighted by atomic mass is 32.1. The number of fused-ring (bicyclic) bond motifs is 1. The molecule has 0 radical (unpaired) electrons. The molecule has 0 aliphatic rings. The minimum atomic E-state index is -0.512. The Bertz CT molecular complexity index is 764. The topological polar surface area (TPSA) is 84.2 Å². The second-order valence-electron chi connectivity index (χ2n) is 3.92. The molecule has 7 heteroatoms. The van der Waals surface area contributed by atoms with E-state index in [9.17, 15) is 9.59 Å². The fourth-order valence-electron chi connectivity index (χ4n) is 1.65. The van der Waals surface area contributed by atoms with E-state index in [1.165, 1.54) is 23.7 Å². The minimum absolute atomic E-state index is 0.128. The van der Waals surface area contributed by atoms with Crippen LogP contribution >= 0.6 is 11.3 Å². The lowest BCUT2D eigenvalue weighted by atomic mass is 10.2. The lowest BCUT2D eigenvalue weighted by molar-refractivity contribution is 0.0831. The van der Waals surface area contributed by atoms with Gasteiger partial charge in [0.05, 0.1) is 22.0 Å². The Morgan fingerprint density at radius 2 is 2.00 bits per heavy atom. The molecule has 3 rings (SSSR count). The van der Waals surface area contributed by atoms with Gasteiger partial charge in [0.25, 0.3) is 5.91 Å². The number of thiazole rings is 1. The second kappa shape index (κ2) is 5.14. The van der Waals surface area contributed by atoms with Crippen LogP contribution in [0.4, 0.5) is 0 Å². The third-order valence-corrected chi connectivity index (χ3v) is 3.42. The van der Waals surface area contributed by atoms with Crippen molar-refractivity contribution in [2.75, 3.05) is 0 Å².